The van der Waals surface area contributed by atoms with Crippen LogP contribution in [0.15, 0.2) is 30.5 Å². The molecule has 102 valence electrons. The molecular weight excluding hydrogens is 234 g/mol. The van der Waals surface area contributed by atoms with Crippen LogP contribution in [-0.2, 0) is 0 Å². The van der Waals surface area contributed by atoms with Crippen molar-refractivity contribution in [2.24, 2.45) is 11.3 Å². The standard InChI is InChI=1S/C16H23N3/c1-11(2)16(3,4)10-19-15-12-7-5-6-8-14(12)18-9-13(15)17/h5-9,11H,10,17H2,1-4H3,(H,18,19). The van der Waals surface area contributed by atoms with E-state index in [1.165, 1.54) is 0 Å². The first-order valence-corrected chi connectivity index (χ1v) is 6.79. The summed E-state index contributed by atoms with van der Waals surface area (Å²) < 4.78 is 0. The van der Waals surface area contributed by atoms with Crippen molar-refractivity contribution in [3.8, 4) is 0 Å². The predicted molar refractivity (Wildman–Crippen MR) is 83.3 cm³/mol. The maximum Gasteiger partial charge on any atom is 0.0743 e. The highest BCUT2D eigenvalue weighted by molar-refractivity contribution is 5.96. The molecule has 0 aliphatic rings. The predicted octanol–water partition coefficient (Wildman–Crippen LogP) is 3.91. The number of fused-ring (bicyclic) bond motifs is 1. The number of benzene rings is 1. The Bertz CT molecular complexity index is 573. The second-order valence-corrected chi connectivity index (χ2v) is 6.10. The van der Waals surface area contributed by atoms with Crippen molar-refractivity contribution < 1.29 is 0 Å². The van der Waals surface area contributed by atoms with Crippen LogP contribution >= 0.6 is 0 Å². The number of pyridine rings is 1. The van der Waals surface area contributed by atoms with Gasteiger partial charge in [0.1, 0.15) is 0 Å². The number of nitrogens with zero attached hydrogens (tertiary/aromatic N) is 1. The number of rotatable bonds is 4. The molecule has 0 unspecified atom stereocenters. The third-order valence-corrected chi connectivity index (χ3v) is 4.09. The molecule has 2 rings (SSSR count). The van der Waals surface area contributed by atoms with Gasteiger partial charge in [0.2, 0.25) is 0 Å². The Hall–Kier alpha value is -1.77. The van der Waals surface area contributed by atoms with Gasteiger partial charge in [0.25, 0.3) is 0 Å². The summed E-state index contributed by atoms with van der Waals surface area (Å²) in [6, 6.07) is 8.08. The third-order valence-electron chi connectivity index (χ3n) is 4.09. The zero-order valence-electron chi connectivity index (χ0n) is 12.2. The zero-order valence-corrected chi connectivity index (χ0v) is 12.2. The van der Waals surface area contributed by atoms with E-state index >= 15 is 0 Å². The van der Waals surface area contributed by atoms with Crippen molar-refractivity contribution >= 4 is 22.3 Å². The van der Waals surface area contributed by atoms with E-state index in [0.717, 1.165) is 23.1 Å². The van der Waals surface area contributed by atoms with Gasteiger partial charge in [-0.05, 0) is 17.4 Å². The Balaban J connectivity index is 2.32. The van der Waals surface area contributed by atoms with Crippen molar-refractivity contribution in [3.05, 3.63) is 30.5 Å². The molecule has 0 bridgehead atoms. The van der Waals surface area contributed by atoms with Gasteiger partial charge in [-0.25, -0.2) is 0 Å². The maximum absolute atomic E-state index is 6.07. The van der Waals surface area contributed by atoms with Crippen molar-refractivity contribution in [1.82, 2.24) is 4.98 Å². The minimum Gasteiger partial charge on any atom is -0.396 e. The molecule has 0 saturated heterocycles. The fraction of sp³-hybridized carbons (Fsp3) is 0.438. The summed E-state index contributed by atoms with van der Waals surface area (Å²) in [7, 11) is 0. The third kappa shape index (κ3) is 2.80. The Labute approximate surface area is 115 Å². The average Bonchev–Trinajstić information content (AvgIpc) is 2.37. The van der Waals surface area contributed by atoms with E-state index in [4.69, 9.17) is 5.73 Å². The van der Waals surface area contributed by atoms with E-state index < -0.39 is 0 Å². The molecule has 3 N–H and O–H groups in total. The van der Waals surface area contributed by atoms with Gasteiger partial charge in [-0.2, -0.15) is 0 Å². The van der Waals surface area contributed by atoms with Crippen LogP contribution < -0.4 is 11.1 Å². The highest BCUT2D eigenvalue weighted by atomic mass is 14.9. The molecule has 0 saturated carbocycles. The molecule has 3 heteroatoms. The maximum atomic E-state index is 6.07. The molecule has 0 aliphatic heterocycles. The van der Waals surface area contributed by atoms with Crippen LogP contribution in [0.4, 0.5) is 11.4 Å². The summed E-state index contributed by atoms with van der Waals surface area (Å²) in [6.45, 7) is 9.92. The summed E-state index contributed by atoms with van der Waals surface area (Å²) in [4.78, 5) is 4.36. The van der Waals surface area contributed by atoms with Crippen LogP contribution in [0.1, 0.15) is 27.7 Å². The number of nitrogens with one attached hydrogen (secondary N) is 1. The summed E-state index contributed by atoms with van der Waals surface area (Å²) in [5, 5.41) is 4.60. The van der Waals surface area contributed by atoms with Crippen molar-refractivity contribution in [1.29, 1.82) is 0 Å². The second kappa shape index (κ2) is 5.08. The first kappa shape index (κ1) is 13.7. The lowest BCUT2D eigenvalue weighted by Crippen LogP contribution is -2.28. The van der Waals surface area contributed by atoms with E-state index in [-0.39, 0.29) is 5.41 Å². The van der Waals surface area contributed by atoms with Gasteiger partial charge < -0.3 is 11.1 Å². The number of aromatic nitrogens is 1. The molecule has 19 heavy (non-hydrogen) atoms. The van der Waals surface area contributed by atoms with Gasteiger partial charge >= 0.3 is 0 Å². The quantitative estimate of drug-likeness (QED) is 0.873. The minimum absolute atomic E-state index is 0.219. The van der Waals surface area contributed by atoms with E-state index in [0.29, 0.717) is 11.6 Å². The second-order valence-electron chi connectivity index (χ2n) is 6.10. The Morgan fingerprint density at radius 1 is 1.26 bits per heavy atom. The molecule has 0 radical (unpaired) electrons. The zero-order chi connectivity index (χ0) is 14.0. The molecule has 0 amide bonds. The van der Waals surface area contributed by atoms with Gasteiger partial charge in [-0.3, -0.25) is 4.98 Å². The Morgan fingerprint density at radius 2 is 1.95 bits per heavy atom. The molecule has 0 atom stereocenters. The number of anilines is 2. The molecule has 0 fully saturated rings. The molecule has 3 nitrogen and oxygen atoms in total. The van der Waals surface area contributed by atoms with Crippen LogP contribution in [0.25, 0.3) is 10.9 Å². The van der Waals surface area contributed by atoms with Gasteiger partial charge in [0, 0.05) is 11.9 Å². The van der Waals surface area contributed by atoms with Crippen LogP contribution in [0.5, 0.6) is 0 Å². The summed E-state index contributed by atoms with van der Waals surface area (Å²) >= 11 is 0. The van der Waals surface area contributed by atoms with Crippen LogP contribution in [-0.4, -0.2) is 11.5 Å². The molecule has 1 aromatic heterocycles. The van der Waals surface area contributed by atoms with Crippen molar-refractivity contribution in [2.45, 2.75) is 27.7 Å². The van der Waals surface area contributed by atoms with E-state index in [9.17, 15) is 0 Å². The normalized spacial score (nSPS) is 12.1. The first-order valence-electron chi connectivity index (χ1n) is 6.79. The van der Waals surface area contributed by atoms with E-state index in [1.54, 1.807) is 6.20 Å². The highest BCUT2D eigenvalue weighted by Crippen LogP contribution is 2.31. The molecule has 0 aliphatic carbocycles. The van der Waals surface area contributed by atoms with Gasteiger partial charge in [0.05, 0.1) is 23.1 Å². The molecular formula is C16H23N3. The first-order chi connectivity index (χ1) is 8.92. The number of nitrogens with two attached hydrogens (primary N) is 1. The summed E-state index contributed by atoms with van der Waals surface area (Å²) in [6.07, 6.45) is 1.73. The largest absolute Gasteiger partial charge is 0.396 e. The van der Waals surface area contributed by atoms with Crippen molar-refractivity contribution in [3.63, 3.8) is 0 Å². The number of para-hydroxylation sites is 1. The highest BCUT2D eigenvalue weighted by Gasteiger charge is 2.22. The van der Waals surface area contributed by atoms with Gasteiger partial charge in [0.15, 0.2) is 0 Å². The monoisotopic (exact) mass is 257 g/mol. The fourth-order valence-electron chi connectivity index (χ4n) is 1.87. The average molecular weight is 257 g/mol. The number of hydrogen-bond donors (Lipinski definition) is 2. The molecule has 2 aromatic rings. The lowest BCUT2D eigenvalue weighted by atomic mass is 9.81. The fourth-order valence-corrected chi connectivity index (χ4v) is 1.87. The Morgan fingerprint density at radius 3 is 2.63 bits per heavy atom. The van der Waals surface area contributed by atoms with E-state index in [1.807, 2.05) is 18.2 Å². The Kier molecular flexibility index (Phi) is 3.65. The smallest absolute Gasteiger partial charge is 0.0743 e. The minimum atomic E-state index is 0.219. The summed E-state index contributed by atoms with van der Waals surface area (Å²) in [5.41, 5.74) is 8.97. The molecule has 1 heterocycles. The van der Waals surface area contributed by atoms with Crippen LogP contribution in [0, 0.1) is 11.3 Å². The number of nitrogen functional groups attached to an aromatic ring is 1. The van der Waals surface area contributed by atoms with Crippen molar-refractivity contribution in [2.75, 3.05) is 17.6 Å². The topological polar surface area (TPSA) is 50.9 Å². The molecule has 1 aromatic carbocycles. The lowest BCUT2D eigenvalue weighted by Gasteiger charge is -2.30. The van der Waals surface area contributed by atoms with E-state index in [2.05, 4.69) is 44.1 Å². The lowest BCUT2D eigenvalue weighted by molar-refractivity contribution is 0.270. The van der Waals surface area contributed by atoms with Crippen LogP contribution in [0.3, 0.4) is 0 Å². The molecule has 0 spiro atoms. The summed E-state index contributed by atoms with van der Waals surface area (Å²) in [5.74, 6) is 0.606. The van der Waals surface area contributed by atoms with Crippen LogP contribution in [0.2, 0.25) is 0 Å². The van der Waals surface area contributed by atoms with Gasteiger partial charge in [-0.15, -0.1) is 0 Å². The number of hydrogen-bond acceptors (Lipinski definition) is 3. The van der Waals surface area contributed by atoms with Gasteiger partial charge in [-0.1, -0.05) is 45.9 Å². The SMILES string of the molecule is CC(C)C(C)(C)CNc1c(N)cnc2ccccc12.